The fourth-order valence-electron chi connectivity index (χ4n) is 0.954. The summed E-state index contributed by atoms with van der Waals surface area (Å²) < 4.78 is 0. The van der Waals surface area contributed by atoms with E-state index in [-0.39, 0.29) is 12.4 Å². The molecule has 0 saturated carbocycles. The van der Waals surface area contributed by atoms with Gasteiger partial charge in [0.25, 0.3) is 0 Å². The van der Waals surface area contributed by atoms with Gasteiger partial charge < -0.3 is 16.6 Å². The quantitative estimate of drug-likeness (QED) is 0.455. The second-order valence-corrected chi connectivity index (χ2v) is 2.64. The van der Waals surface area contributed by atoms with Crippen molar-refractivity contribution in [3.8, 4) is 0 Å². The number of nitrogens with two attached hydrogens (primary N) is 2. The van der Waals surface area contributed by atoms with Crippen LogP contribution < -0.4 is 11.5 Å². The lowest BCUT2D eigenvalue weighted by atomic mass is 10.2. The van der Waals surface area contributed by atoms with Crippen molar-refractivity contribution in [1.82, 2.24) is 0 Å². The van der Waals surface area contributed by atoms with E-state index in [9.17, 15) is 0 Å². The molecule has 0 atom stereocenters. The maximum Gasteiger partial charge on any atom is 0.125 e. The molecule has 1 aromatic carbocycles. The number of nitrogens with zero attached hydrogens (tertiary/aromatic N) is 1. The minimum atomic E-state index is -0.229. The summed E-state index contributed by atoms with van der Waals surface area (Å²) in [5, 5.41) is 8.64. The second kappa shape index (κ2) is 4.59. The van der Waals surface area contributed by atoms with E-state index in [4.69, 9.17) is 16.6 Å². The molecule has 4 heteroatoms. The molecule has 0 bridgehead atoms. The van der Waals surface area contributed by atoms with Crippen molar-refractivity contribution in [2.45, 2.75) is 6.54 Å². The first-order chi connectivity index (χ1) is 6.26. The molecule has 0 radical (unpaired) electrons. The van der Waals surface area contributed by atoms with Gasteiger partial charge in [0.1, 0.15) is 12.4 Å². The standard InChI is InChI=1S/C9H13N3O/c10-5-7-2-1-3-8(4-7)12-9(11)6-13/h1-4,13H,5-6,10H2,(H2,11,12). The summed E-state index contributed by atoms with van der Waals surface area (Å²) in [6.45, 7) is 0.245. The first kappa shape index (κ1) is 9.70. The van der Waals surface area contributed by atoms with Crippen LogP contribution in [-0.4, -0.2) is 17.5 Å². The van der Waals surface area contributed by atoms with E-state index >= 15 is 0 Å². The molecule has 0 aliphatic rings. The molecule has 0 heterocycles. The highest BCUT2D eigenvalue weighted by molar-refractivity contribution is 5.84. The molecule has 5 N–H and O–H groups in total. The number of hydrogen-bond acceptors (Lipinski definition) is 3. The van der Waals surface area contributed by atoms with Gasteiger partial charge in [-0.05, 0) is 17.7 Å². The third kappa shape index (κ3) is 2.85. The van der Waals surface area contributed by atoms with Crippen molar-refractivity contribution < 1.29 is 5.11 Å². The Bertz CT molecular complexity index is 309. The zero-order valence-corrected chi connectivity index (χ0v) is 7.27. The van der Waals surface area contributed by atoms with Crippen molar-refractivity contribution in [3.05, 3.63) is 29.8 Å². The summed E-state index contributed by atoms with van der Waals surface area (Å²) in [6, 6.07) is 7.41. The predicted molar refractivity (Wildman–Crippen MR) is 52.7 cm³/mol. The number of aliphatic hydroxyl groups excluding tert-OH is 1. The van der Waals surface area contributed by atoms with Gasteiger partial charge in [0.15, 0.2) is 0 Å². The molecule has 0 unspecified atom stereocenters. The maximum atomic E-state index is 8.64. The molecule has 0 spiro atoms. The molecule has 1 aromatic rings. The van der Waals surface area contributed by atoms with E-state index < -0.39 is 0 Å². The number of rotatable bonds is 3. The van der Waals surface area contributed by atoms with Gasteiger partial charge in [0.05, 0.1) is 5.69 Å². The van der Waals surface area contributed by atoms with Gasteiger partial charge in [-0.1, -0.05) is 12.1 Å². The molecule has 0 fully saturated rings. The first-order valence-corrected chi connectivity index (χ1v) is 3.99. The van der Waals surface area contributed by atoms with Gasteiger partial charge in [-0.25, -0.2) is 4.99 Å². The van der Waals surface area contributed by atoms with Gasteiger partial charge in [-0.15, -0.1) is 0 Å². The summed E-state index contributed by atoms with van der Waals surface area (Å²) in [5.41, 5.74) is 12.5. The number of hydrogen-bond donors (Lipinski definition) is 3. The van der Waals surface area contributed by atoms with Crippen LogP contribution in [0.3, 0.4) is 0 Å². The summed E-state index contributed by atoms with van der Waals surface area (Å²) in [7, 11) is 0. The zero-order valence-electron chi connectivity index (χ0n) is 7.27. The Morgan fingerprint density at radius 1 is 1.46 bits per heavy atom. The lowest BCUT2D eigenvalue weighted by molar-refractivity contribution is 0.356. The van der Waals surface area contributed by atoms with Crippen molar-refractivity contribution in [2.24, 2.45) is 16.5 Å². The van der Waals surface area contributed by atoms with E-state index in [2.05, 4.69) is 4.99 Å². The average Bonchev–Trinajstić information content (AvgIpc) is 2.18. The molecular formula is C9H13N3O. The van der Waals surface area contributed by atoms with Crippen molar-refractivity contribution >= 4 is 11.5 Å². The molecule has 4 nitrogen and oxygen atoms in total. The molecule has 1 rings (SSSR count). The van der Waals surface area contributed by atoms with Crippen LogP contribution in [0.2, 0.25) is 0 Å². The molecular weight excluding hydrogens is 166 g/mol. The van der Waals surface area contributed by atoms with Crippen molar-refractivity contribution in [1.29, 1.82) is 0 Å². The van der Waals surface area contributed by atoms with Crippen LogP contribution in [-0.2, 0) is 6.54 Å². The van der Waals surface area contributed by atoms with Crippen molar-refractivity contribution in [3.63, 3.8) is 0 Å². The van der Waals surface area contributed by atoms with Gasteiger partial charge >= 0.3 is 0 Å². The highest BCUT2D eigenvalue weighted by Gasteiger charge is 1.93. The molecule has 70 valence electrons. The van der Waals surface area contributed by atoms with E-state index in [1.807, 2.05) is 24.3 Å². The van der Waals surface area contributed by atoms with Crippen LogP contribution in [0.15, 0.2) is 29.3 Å². The van der Waals surface area contributed by atoms with Gasteiger partial charge in [0, 0.05) is 6.54 Å². The molecule has 0 aliphatic heterocycles. The monoisotopic (exact) mass is 179 g/mol. The Morgan fingerprint density at radius 3 is 2.85 bits per heavy atom. The Morgan fingerprint density at radius 2 is 2.23 bits per heavy atom. The average molecular weight is 179 g/mol. The number of benzene rings is 1. The number of aliphatic hydroxyl groups is 1. The van der Waals surface area contributed by atoms with Crippen molar-refractivity contribution in [2.75, 3.05) is 6.61 Å². The second-order valence-electron chi connectivity index (χ2n) is 2.64. The summed E-state index contributed by atoms with van der Waals surface area (Å²) in [4.78, 5) is 3.98. The lowest BCUT2D eigenvalue weighted by Crippen LogP contribution is -2.15. The Balaban J connectivity index is 2.89. The molecule has 0 aromatic heterocycles. The highest BCUT2D eigenvalue weighted by atomic mass is 16.3. The van der Waals surface area contributed by atoms with E-state index in [0.29, 0.717) is 6.54 Å². The zero-order chi connectivity index (χ0) is 9.68. The smallest absolute Gasteiger partial charge is 0.125 e. The molecule has 0 amide bonds. The molecule has 0 aliphatic carbocycles. The summed E-state index contributed by atoms with van der Waals surface area (Å²) >= 11 is 0. The number of amidine groups is 1. The van der Waals surface area contributed by atoms with Crippen LogP contribution in [0.4, 0.5) is 5.69 Å². The minimum absolute atomic E-state index is 0.203. The lowest BCUT2D eigenvalue weighted by Gasteiger charge is -1.99. The molecule has 0 saturated heterocycles. The fraction of sp³-hybridized carbons (Fsp3) is 0.222. The largest absolute Gasteiger partial charge is 0.388 e. The Labute approximate surface area is 76.9 Å². The maximum absolute atomic E-state index is 8.64. The van der Waals surface area contributed by atoms with Gasteiger partial charge in [0.2, 0.25) is 0 Å². The van der Waals surface area contributed by atoms with Crippen LogP contribution in [0.1, 0.15) is 5.56 Å². The van der Waals surface area contributed by atoms with E-state index in [0.717, 1.165) is 11.3 Å². The number of aliphatic imine (C=N–C) groups is 1. The minimum Gasteiger partial charge on any atom is -0.388 e. The van der Waals surface area contributed by atoms with Crippen LogP contribution in [0.5, 0.6) is 0 Å². The van der Waals surface area contributed by atoms with Crippen LogP contribution in [0.25, 0.3) is 0 Å². The third-order valence-corrected chi connectivity index (χ3v) is 1.58. The third-order valence-electron chi connectivity index (χ3n) is 1.58. The highest BCUT2D eigenvalue weighted by Crippen LogP contribution is 2.13. The van der Waals surface area contributed by atoms with Crippen LogP contribution >= 0.6 is 0 Å². The first-order valence-electron chi connectivity index (χ1n) is 3.99. The SMILES string of the molecule is NCc1cccc(N=C(N)CO)c1. The Hall–Kier alpha value is -1.39. The summed E-state index contributed by atoms with van der Waals surface area (Å²) in [6.07, 6.45) is 0. The normalized spacial score (nSPS) is 11.7. The van der Waals surface area contributed by atoms with Gasteiger partial charge in [-0.3, -0.25) is 0 Å². The van der Waals surface area contributed by atoms with Gasteiger partial charge in [-0.2, -0.15) is 0 Å². The molecule has 13 heavy (non-hydrogen) atoms. The Kier molecular flexibility index (Phi) is 3.42. The predicted octanol–water partition coefficient (Wildman–Crippen LogP) is 0.126. The summed E-state index contributed by atoms with van der Waals surface area (Å²) in [5.74, 6) is 0.203. The van der Waals surface area contributed by atoms with Crippen LogP contribution in [0, 0.1) is 0 Å². The van der Waals surface area contributed by atoms with E-state index in [1.165, 1.54) is 0 Å². The topological polar surface area (TPSA) is 84.6 Å². The fourth-order valence-corrected chi connectivity index (χ4v) is 0.954. The van der Waals surface area contributed by atoms with E-state index in [1.54, 1.807) is 0 Å².